The third-order valence-corrected chi connectivity index (χ3v) is 0. The lowest BCUT2D eigenvalue weighted by Crippen LogP contribution is -1.63. The normalized spacial score (nSPS) is 7.20. The van der Waals surface area contributed by atoms with E-state index in [2.05, 4.69) is 0 Å². The Balaban J connectivity index is 0. The molecule has 0 atom stereocenters. The monoisotopic (exact) mass is 114 g/mol. The Morgan fingerprint density at radius 2 is 1.40 bits per heavy atom. The molecule has 0 rings (SSSR count). The molecule has 0 spiro atoms. The Kier molecular flexibility index (Phi) is 8.37. The fourth-order valence-corrected chi connectivity index (χ4v) is 0. The molecular formula is C3H8Cl2. The molecule has 0 radical (unpaired) electrons. The topological polar surface area (TPSA) is 0 Å². The van der Waals surface area contributed by atoms with E-state index < -0.39 is 0 Å². The van der Waals surface area contributed by atoms with Gasteiger partial charge in [0, 0.05) is 0 Å². The van der Waals surface area contributed by atoms with Crippen molar-refractivity contribution in [3.63, 3.8) is 0 Å². The predicted molar refractivity (Wildman–Crippen MR) is 27.9 cm³/mol. The third-order valence-electron chi connectivity index (χ3n) is 0. The van der Waals surface area contributed by atoms with Gasteiger partial charge in [0.1, 0.15) is 4.84 Å². The van der Waals surface area contributed by atoms with Crippen molar-refractivity contribution in [3.8, 4) is 0 Å². The maximum absolute atomic E-state index is 5.04. The first-order valence-corrected chi connectivity index (χ1v) is 1.89. The van der Waals surface area contributed by atoms with Crippen LogP contribution in [0, 0.1) is 0 Å². The van der Waals surface area contributed by atoms with Crippen LogP contribution in [-0.2, 0) is 0 Å². The lowest BCUT2D eigenvalue weighted by atomic mass is 11.0. The van der Waals surface area contributed by atoms with Gasteiger partial charge in [-0.2, -0.15) is 0 Å². The molecule has 0 fully saturated rings. The number of hydrogen-bond donors (Lipinski definition) is 0. The van der Waals surface area contributed by atoms with E-state index in [0.29, 0.717) is 0 Å². The van der Waals surface area contributed by atoms with E-state index in [4.69, 9.17) is 23.2 Å². The number of halogens is 2. The number of alkyl halides is 2. The molecule has 0 amide bonds. The van der Waals surface area contributed by atoms with E-state index in [-0.39, 0.29) is 12.3 Å². The summed E-state index contributed by atoms with van der Waals surface area (Å²) in [4.78, 5) is -0.222. The summed E-state index contributed by atoms with van der Waals surface area (Å²) in [5, 5.41) is 0. The van der Waals surface area contributed by atoms with Crippen LogP contribution < -0.4 is 0 Å². The van der Waals surface area contributed by atoms with Gasteiger partial charge in [-0.25, -0.2) is 0 Å². The van der Waals surface area contributed by atoms with E-state index in [9.17, 15) is 0 Å². The van der Waals surface area contributed by atoms with Gasteiger partial charge < -0.3 is 0 Å². The minimum absolute atomic E-state index is 0. The summed E-state index contributed by atoms with van der Waals surface area (Å²) >= 11 is 10.1. The molecule has 0 N–H and O–H groups in total. The quantitative estimate of drug-likeness (QED) is 0.425. The zero-order chi connectivity index (χ0) is 3.58. The lowest BCUT2D eigenvalue weighted by molar-refractivity contribution is 1.39. The van der Waals surface area contributed by atoms with Crippen LogP contribution in [0.15, 0.2) is 0 Å². The van der Waals surface area contributed by atoms with Gasteiger partial charge >= 0.3 is 0 Å². The van der Waals surface area contributed by atoms with Crippen molar-refractivity contribution in [2.24, 2.45) is 0 Å². The summed E-state index contributed by atoms with van der Waals surface area (Å²) in [5.74, 6) is 0. The second-order valence-corrected chi connectivity index (χ2v) is 2.05. The number of hydrogen-bond acceptors (Lipinski definition) is 0. The van der Waals surface area contributed by atoms with Crippen molar-refractivity contribution in [2.45, 2.75) is 19.2 Å². The smallest absolute Gasteiger partial charge is 0.105 e. The Hall–Kier alpha value is 0.580. The van der Waals surface area contributed by atoms with Crippen LogP contribution in [0.3, 0.4) is 0 Å². The van der Waals surface area contributed by atoms with Crippen molar-refractivity contribution in [2.75, 3.05) is 0 Å². The molecule has 0 aliphatic rings. The van der Waals surface area contributed by atoms with Gasteiger partial charge in [-0.05, 0) is 6.92 Å². The van der Waals surface area contributed by atoms with E-state index in [1.54, 1.807) is 6.92 Å². The van der Waals surface area contributed by atoms with Crippen LogP contribution >= 0.6 is 23.2 Å². The van der Waals surface area contributed by atoms with Crippen molar-refractivity contribution < 1.29 is 0 Å². The highest BCUT2D eigenvalue weighted by Gasteiger charge is 1.75. The SMILES string of the molecule is C.CC(Cl)Cl. The molecule has 0 aliphatic heterocycles. The Bertz CT molecular complexity index is 9.61. The molecule has 0 nitrogen and oxygen atoms in total. The van der Waals surface area contributed by atoms with Gasteiger partial charge in [0.2, 0.25) is 0 Å². The van der Waals surface area contributed by atoms with Crippen LogP contribution in [0.4, 0.5) is 0 Å². The van der Waals surface area contributed by atoms with E-state index in [1.165, 1.54) is 0 Å². The minimum atomic E-state index is -0.222. The molecule has 0 heterocycles. The largest absolute Gasteiger partial charge is 0.106 e. The average Bonchev–Trinajstić information content (AvgIpc) is 0.811. The van der Waals surface area contributed by atoms with Crippen molar-refractivity contribution >= 4 is 23.2 Å². The number of rotatable bonds is 0. The van der Waals surface area contributed by atoms with E-state index in [0.717, 1.165) is 0 Å². The van der Waals surface area contributed by atoms with Crippen molar-refractivity contribution in [1.82, 2.24) is 0 Å². The summed E-state index contributed by atoms with van der Waals surface area (Å²) in [7, 11) is 0. The van der Waals surface area contributed by atoms with Gasteiger partial charge in [-0.15, -0.1) is 23.2 Å². The van der Waals surface area contributed by atoms with Gasteiger partial charge in [0.25, 0.3) is 0 Å². The van der Waals surface area contributed by atoms with E-state index >= 15 is 0 Å². The molecule has 0 saturated carbocycles. The second-order valence-electron chi connectivity index (χ2n) is 0.519. The van der Waals surface area contributed by atoms with Crippen LogP contribution in [0.25, 0.3) is 0 Å². The molecule has 2 heteroatoms. The fourth-order valence-electron chi connectivity index (χ4n) is 0. The zero-order valence-corrected chi connectivity index (χ0v) is 3.85. The second kappa shape index (κ2) is 4.58. The van der Waals surface area contributed by atoms with E-state index in [1.807, 2.05) is 0 Å². The molecule has 0 aliphatic carbocycles. The first kappa shape index (κ1) is 9.13. The van der Waals surface area contributed by atoms with Gasteiger partial charge in [0.05, 0.1) is 0 Å². The first-order valence-electron chi connectivity index (χ1n) is 1.01. The predicted octanol–water partition coefficient (Wildman–Crippen LogP) is 2.45. The molecule has 0 aromatic carbocycles. The standard InChI is InChI=1S/C2H4Cl2.CH4/c1-2(3)4;/h2H,1H3;1H4. The van der Waals surface area contributed by atoms with Crippen LogP contribution in [0.5, 0.6) is 0 Å². The molecule has 0 aromatic heterocycles. The molecule has 0 bridgehead atoms. The molecule has 0 aromatic rings. The summed E-state index contributed by atoms with van der Waals surface area (Å²) in [6.45, 7) is 1.70. The van der Waals surface area contributed by atoms with Crippen molar-refractivity contribution in [3.05, 3.63) is 0 Å². The van der Waals surface area contributed by atoms with Gasteiger partial charge in [-0.3, -0.25) is 0 Å². The Morgan fingerprint density at radius 3 is 1.40 bits per heavy atom. The first-order chi connectivity index (χ1) is 1.73. The molecule has 34 valence electrons. The average molecular weight is 115 g/mol. The van der Waals surface area contributed by atoms with Crippen molar-refractivity contribution in [1.29, 1.82) is 0 Å². The minimum Gasteiger partial charge on any atom is -0.106 e. The Morgan fingerprint density at radius 1 is 1.40 bits per heavy atom. The molecular weight excluding hydrogens is 107 g/mol. The van der Waals surface area contributed by atoms with Crippen LogP contribution in [0.2, 0.25) is 0 Å². The van der Waals surface area contributed by atoms with Gasteiger partial charge in [-0.1, -0.05) is 7.43 Å². The highest BCUT2D eigenvalue weighted by Crippen LogP contribution is 1.95. The summed E-state index contributed by atoms with van der Waals surface area (Å²) in [6.07, 6.45) is 0. The molecule has 5 heavy (non-hydrogen) atoms. The molecule has 0 unspecified atom stereocenters. The summed E-state index contributed by atoms with van der Waals surface area (Å²) in [6, 6.07) is 0. The summed E-state index contributed by atoms with van der Waals surface area (Å²) < 4.78 is 0. The third kappa shape index (κ3) is 90.6. The Labute approximate surface area is 43.1 Å². The molecule has 0 saturated heterocycles. The van der Waals surface area contributed by atoms with Crippen LogP contribution in [0.1, 0.15) is 14.4 Å². The highest BCUT2D eigenvalue weighted by atomic mass is 35.5. The zero-order valence-electron chi connectivity index (χ0n) is 2.33. The maximum atomic E-state index is 5.04. The fraction of sp³-hybridized carbons (Fsp3) is 1.00. The summed E-state index contributed by atoms with van der Waals surface area (Å²) in [5.41, 5.74) is 0. The van der Waals surface area contributed by atoms with Crippen LogP contribution in [-0.4, -0.2) is 4.84 Å². The highest BCUT2D eigenvalue weighted by molar-refractivity contribution is 6.43. The lowest BCUT2D eigenvalue weighted by Gasteiger charge is -1.72. The maximum Gasteiger partial charge on any atom is 0.105 e. The van der Waals surface area contributed by atoms with Gasteiger partial charge in [0.15, 0.2) is 0 Å².